The van der Waals surface area contributed by atoms with Crippen LogP contribution in [0.5, 0.6) is 0 Å². The van der Waals surface area contributed by atoms with Crippen molar-refractivity contribution in [2.24, 2.45) is 0 Å². The molecule has 1 aromatic heterocycles. The van der Waals surface area contributed by atoms with Crippen molar-refractivity contribution in [1.29, 1.82) is 0 Å². The van der Waals surface area contributed by atoms with Crippen molar-refractivity contribution in [1.82, 2.24) is 14.8 Å². The summed E-state index contributed by atoms with van der Waals surface area (Å²) in [6.45, 7) is 0. The minimum Gasteiger partial charge on any atom is -0.229 e. The molecular formula is C4H5Br2N3S. The van der Waals surface area contributed by atoms with Gasteiger partial charge in [-0.3, -0.25) is 0 Å². The standard InChI is InChI=1S/C4H5Br2N3S/c1-10-2-9-4(6)7-3(5)8-9/h2H2,1H3. The molecule has 3 nitrogen and oxygen atoms in total. The van der Waals surface area contributed by atoms with E-state index in [1.807, 2.05) is 6.26 Å². The number of hydrogen-bond donors (Lipinski definition) is 0. The average Bonchev–Trinajstić information content (AvgIpc) is 2.13. The molecule has 1 heterocycles. The summed E-state index contributed by atoms with van der Waals surface area (Å²) in [7, 11) is 0. The fourth-order valence-corrected chi connectivity index (χ4v) is 2.06. The Morgan fingerprint density at radius 3 is 2.70 bits per heavy atom. The van der Waals surface area contributed by atoms with Crippen molar-refractivity contribution >= 4 is 43.6 Å². The van der Waals surface area contributed by atoms with E-state index in [1.165, 1.54) is 0 Å². The second-order valence-corrected chi connectivity index (χ2v) is 3.82. The number of halogens is 2. The third kappa shape index (κ3) is 1.96. The maximum atomic E-state index is 4.05. The highest BCUT2D eigenvalue weighted by Crippen LogP contribution is 2.12. The van der Waals surface area contributed by atoms with Crippen LogP contribution in [0.2, 0.25) is 0 Å². The molecule has 0 bridgehead atoms. The molecule has 0 fully saturated rings. The molecule has 1 aromatic rings. The summed E-state index contributed by atoms with van der Waals surface area (Å²) in [5.74, 6) is 0.819. The second-order valence-electron chi connectivity index (χ2n) is 1.57. The molecule has 0 saturated carbocycles. The maximum absolute atomic E-state index is 4.05. The van der Waals surface area contributed by atoms with Gasteiger partial charge in [0.05, 0.1) is 5.88 Å². The third-order valence-electron chi connectivity index (χ3n) is 0.852. The zero-order valence-electron chi connectivity index (χ0n) is 5.21. The molecule has 0 aliphatic rings. The molecule has 10 heavy (non-hydrogen) atoms. The topological polar surface area (TPSA) is 30.7 Å². The smallest absolute Gasteiger partial charge is 0.218 e. The van der Waals surface area contributed by atoms with Gasteiger partial charge in [-0.2, -0.15) is 4.98 Å². The second kappa shape index (κ2) is 3.73. The van der Waals surface area contributed by atoms with Gasteiger partial charge in [-0.25, -0.2) is 4.68 Å². The summed E-state index contributed by atoms with van der Waals surface area (Å²) < 4.78 is 3.15. The van der Waals surface area contributed by atoms with Crippen molar-refractivity contribution in [2.45, 2.75) is 5.88 Å². The highest BCUT2D eigenvalue weighted by Gasteiger charge is 2.02. The Bertz CT molecular complexity index is 224. The Morgan fingerprint density at radius 1 is 1.60 bits per heavy atom. The van der Waals surface area contributed by atoms with E-state index < -0.39 is 0 Å². The largest absolute Gasteiger partial charge is 0.229 e. The van der Waals surface area contributed by atoms with E-state index in [2.05, 4.69) is 41.9 Å². The van der Waals surface area contributed by atoms with Crippen LogP contribution in [-0.2, 0) is 5.88 Å². The predicted molar refractivity (Wildman–Crippen MR) is 48.9 cm³/mol. The van der Waals surface area contributed by atoms with Crippen molar-refractivity contribution in [3.05, 3.63) is 9.47 Å². The van der Waals surface area contributed by atoms with Crippen LogP contribution >= 0.6 is 43.6 Å². The summed E-state index contributed by atoms with van der Waals surface area (Å²) in [5, 5.41) is 4.05. The van der Waals surface area contributed by atoms with Crippen molar-refractivity contribution in [3.8, 4) is 0 Å². The monoisotopic (exact) mass is 285 g/mol. The first-order valence-corrected chi connectivity index (χ1v) is 5.47. The zero-order chi connectivity index (χ0) is 7.56. The van der Waals surface area contributed by atoms with Crippen molar-refractivity contribution < 1.29 is 0 Å². The lowest BCUT2D eigenvalue weighted by atomic mass is 11.2. The Morgan fingerprint density at radius 2 is 2.30 bits per heavy atom. The summed E-state index contributed by atoms with van der Waals surface area (Å²) >= 11 is 8.13. The Hall–Kier alpha value is 0.450. The average molecular weight is 287 g/mol. The lowest BCUT2D eigenvalue weighted by Gasteiger charge is -1.95. The first kappa shape index (κ1) is 8.55. The number of hydrogen-bond acceptors (Lipinski definition) is 3. The van der Waals surface area contributed by atoms with E-state index in [1.54, 1.807) is 16.4 Å². The molecular weight excluding hydrogens is 282 g/mol. The van der Waals surface area contributed by atoms with Crippen LogP contribution < -0.4 is 0 Å². The molecule has 0 unspecified atom stereocenters. The van der Waals surface area contributed by atoms with Gasteiger partial charge in [-0.1, -0.05) is 0 Å². The van der Waals surface area contributed by atoms with Gasteiger partial charge < -0.3 is 0 Å². The molecule has 1 rings (SSSR count). The van der Waals surface area contributed by atoms with Crippen LogP contribution in [0.3, 0.4) is 0 Å². The third-order valence-corrected chi connectivity index (χ3v) is 2.28. The molecule has 0 aliphatic heterocycles. The summed E-state index contributed by atoms with van der Waals surface area (Å²) in [6.07, 6.45) is 2.02. The van der Waals surface area contributed by atoms with Crippen molar-refractivity contribution in [3.63, 3.8) is 0 Å². The minimum atomic E-state index is 0.619. The molecule has 0 saturated heterocycles. The highest BCUT2D eigenvalue weighted by molar-refractivity contribution is 9.11. The SMILES string of the molecule is CSCn1nc(Br)nc1Br. The summed E-state index contributed by atoms with van der Waals surface area (Å²) in [6, 6.07) is 0. The Kier molecular flexibility index (Phi) is 3.19. The van der Waals surface area contributed by atoms with Crippen LogP contribution in [0.1, 0.15) is 0 Å². The van der Waals surface area contributed by atoms with Gasteiger partial charge in [0.25, 0.3) is 0 Å². The molecule has 0 N–H and O–H groups in total. The van der Waals surface area contributed by atoms with Gasteiger partial charge in [0, 0.05) is 0 Å². The van der Waals surface area contributed by atoms with Crippen molar-refractivity contribution in [2.75, 3.05) is 6.26 Å². The minimum absolute atomic E-state index is 0.619. The fraction of sp³-hybridized carbons (Fsp3) is 0.500. The van der Waals surface area contributed by atoms with E-state index in [0.29, 0.717) is 4.73 Å². The van der Waals surface area contributed by atoms with Gasteiger partial charge in [0.2, 0.25) is 4.73 Å². The lowest BCUT2D eigenvalue weighted by Crippen LogP contribution is -1.95. The molecule has 56 valence electrons. The number of nitrogens with zero attached hydrogens (tertiary/aromatic N) is 3. The van der Waals surface area contributed by atoms with Gasteiger partial charge in [-0.15, -0.1) is 16.9 Å². The molecule has 0 radical (unpaired) electrons. The number of thioether (sulfide) groups is 1. The maximum Gasteiger partial charge on any atom is 0.218 e. The first-order valence-electron chi connectivity index (χ1n) is 2.49. The van der Waals surface area contributed by atoms with E-state index in [-0.39, 0.29) is 0 Å². The van der Waals surface area contributed by atoms with Gasteiger partial charge >= 0.3 is 0 Å². The van der Waals surface area contributed by atoms with Crippen LogP contribution in [-0.4, -0.2) is 21.0 Å². The zero-order valence-corrected chi connectivity index (χ0v) is 9.20. The van der Waals surface area contributed by atoms with Gasteiger partial charge in [0.15, 0.2) is 4.73 Å². The summed E-state index contributed by atoms with van der Waals surface area (Å²) in [4.78, 5) is 4.00. The van der Waals surface area contributed by atoms with Crippen LogP contribution in [0, 0.1) is 0 Å². The normalized spacial score (nSPS) is 10.3. The molecule has 0 spiro atoms. The van der Waals surface area contributed by atoms with Crippen LogP contribution in [0.4, 0.5) is 0 Å². The summed E-state index contributed by atoms with van der Waals surface area (Å²) in [5.41, 5.74) is 0. The van der Waals surface area contributed by atoms with Crippen LogP contribution in [0.25, 0.3) is 0 Å². The molecule has 0 aliphatic carbocycles. The Labute approximate surface area is 79.8 Å². The number of aromatic nitrogens is 3. The fourth-order valence-electron chi connectivity index (χ4n) is 0.501. The quantitative estimate of drug-likeness (QED) is 0.834. The van der Waals surface area contributed by atoms with E-state index >= 15 is 0 Å². The Balaban J connectivity index is 2.81. The molecule has 6 heteroatoms. The van der Waals surface area contributed by atoms with Gasteiger partial charge in [-0.05, 0) is 38.1 Å². The van der Waals surface area contributed by atoms with Gasteiger partial charge in [0.1, 0.15) is 0 Å². The highest BCUT2D eigenvalue weighted by atomic mass is 79.9. The molecule has 0 amide bonds. The van der Waals surface area contributed by atoms with Crippen LogP contribution in [0.15, 0.2) is 9.47 Å². The van der Waals surface area contributed by atoms with E-state index in [9.17, 15) is 0 Å². The number of rotatable bonds is 2. The predicted octanol–water partition coefficient (Wildman–Crippen LogP) is 2.12. The lowest BCUT2D eigenvalue weighted by molar-refractivity contribution is 0.726. The first-order chi connectivity index (χ1) is 4.74. The molecule has 0 aromatic carbocycles. The van der Waals surface area contributed by atoms with E-state index in [4.69, 9.17) is 0 Å². The molecule has 0 atom stereocenters. The van der Waals surface area contributed by atoms with E-state index in [0.717, 1.165) is 10.6 Å².